The molecular formula is C13H19NO4S. The zero-order valence-electron chi connectivity index (χ0n) is 11.5. The lowest BCUT2D eigenvalue weighted by Gasteiger charge is -2.30. The van der Waals surface area contributed by atoms with E-state index in [0.29, 0.717) is 5.56 Å². The van der Waals surface area contributed by atoms with E-state index in [1.165, 1.54) is 27.7 Å². The first-order valence-electron chi connectivity index (χ1n) is 5.83. The van der Waals surface area contributed by atoms with Gasteiger partial charge in [0.15, 0.2) is 5.54 Å². The summed E-state index contributed by atoms with van der Waals surface area (Å²) in [6, 6.07) is 8.24. The summed E-state index contributed by atoms with van der Waals surface area (Å²) in [4.78, 5) is 11.5. The van der Waals surface area contributed by atoms with Gasteiger partial charge >= 0.3 is 5.97 Å². The van der Waals surface area contributed by atoms with Crippen LogP contribution in [0.15, 0.2) is 30.3 Å². The third-order valence-electron chi connectivity index (χ3n) is 2.92. The average Bonchev–Trinajstić information content (AvgIpc) is 2.27. The Morgan fingerprint density at radius 2 is 1.58 bits per heavy atom. The van der Waals surface area contributed by atoms with E-state index in [2.05, 4.69) is 4.72 Å². The molecule has 0 heterocycles. The predicted octanol–water partition coefficient (Wildman–Crippen LogP) is 1.70. The topological polar surface area (TPSA) is 83.5 Å². The average molecular weight is 285 g/mol. The lowest BCUT2D eigenvalue weighted by molar-refractivity contribution is -0.143. The molecule has 0 fully saturated rings. The zero-order chi connectivity index (χ0) is 14.9. The first-order chi connectivity index (χ1) is 8.51. The van der Waals surface area contributed by atoms with Crippen LogP contribution in [0.4, 0.5) is 0 Å². The van der Waals surface area contributed by atoms with Gasteiger partial charge in [-0.25, -0.2) is 13.2 Å². The molecule has 19 heavy (non-hydrogen) atoms. The Morgan fingerprint density at radius 3 is 1.95 bits per heavy atom. The van der Waals surface area contributed by atoms with Crippen LogP contribution in [0.3, 0.4) is 0 Å². The van der Waals surface area contributed by atoms with Crippen molar-refractivity contribution >= 4 is 16.0 Å². The molecule has 2 N–H and O–H groups in total. The summed E-state index contributed by atoms with van der Waals surface area (Å²) in [5.74, 6) is -1.24. The number of benzene rings is 1. The molecule has 1 aromatic carbocycles. The second kappa shape index (κ2) is 4.94. The van der Waals surface area contributed by atoms with E-state index in [4.69, 9.17) is 0 Å². The van der Waals surface area contributed by atoms with Crippen molar-refractivity contribution in [1.82, 2.24) is 4.72 Å². The molecule has 1 unspecified atom stereocenters. The Kier molecular flexibility index (Phi) is 4.07. The van der Waals surface area contributed by atoms with Crippen molar-refractivity contribution in [1.29, 1.82) is 0 Å². The van der Waals surface area contributed by atoms with Crippen LogP contribution in [0.5, 0.6) is 0 Å². The Morgan fingerprint density at radius 1 is 1.11 bits per heavy atom. The number of carbonyl (C=O) groups is 1. The van der Waals surface area contributed by atoms with E-state index >= 15 is 0 Å². The molecule has 0 aliphatic heterocycles. The van der Waals surface area contributed by atoms with Gasteiger partial charge in [0.1, 0.15) is 0 Å². The minimum atomic E-state index is -3.78. The molecule has 0 aromatic heterocycles. The van der Waals surface area contributed by atoms with Crippen LogP contribution in [-0.2, 0) is 20.4 Å². The van der Waals surface area contributed by atoms with Gasteiger partial charge in [-0.2, -0.15) is 4.72 Å². The van der Waals surface area contributed by atoms with E-state index in [1.54, 1.807) is 30.3 Å². The van der Waals surface area contributed by atoms with Crippen molar-refractivity contribution in [3.8, 4) is 0 Å². The molecule has 0 saturated heterocycles. The summed E-state index contributed by atoms with van der Waals surface area (Å²) in [5, 5.41) is 9.39. The first kappa shape index (κ1) is 15.7. The fraction of sp³-hybridized carbons (Fsp3) is 0.462. The van der Waals surface area contributed by atoms with Gasteiger partial charge in [-0.1, -0.05) is 30.3 Å². The Labute approximate surface area is 113 Å². The second-order valence-corrected chi connectivity index (χ2v) is 7.95. The molecule has 6 heteroatoms. The standard InChI is InChI=1S/C13H19NO4S/c1-12(2,3)19(17,18)14-13(4,11(15)16)10-8-6-5-7-9-10/h5-9,14H,1-4H3,(H,15,16). The highest BCUT2D eigenvalue weighted by Crippen LogP contribution is 2.25. The number of carboxylic acids is 1. The number of hydrogen-bond donors (Lipinski definition) is 2. The van der Waals surface area contributed by atoms with Crippen molar-refractivity contribution in [3.05, 3.63) is 35.9 Å². The van der Waals surface area contributed by atoms with Crippen LogP contribution in [0.2, 0.25) is 0 Å². The van der Waals surface area contributed by atoms with Gasteiger partial charge in [0.05, 0.1) is 4.75 Å². The molecule has 106 valence electrons. The zero-order valence-corrected chi connectivity index (χ0v) is 12.3. The van der Waals surface area contributed by atoms with Gasteiger partial charge in [-0.05, 0) is 33.3 Å². The van der Waals surface area contributed by atoms with Crippen LogP contribution in [0.25, 0.3) is 0 Å². The van der Waals surface area contributed by atoms with Gasteiger partial charge in [0.25, 0.3) is 0 Å². The van der Waals surface area contributed by atoms with Gasteiger partial charge in [-0.15, -0.1) is 0 Å². The predicted molar refractivity (Wildman–Crippen MR) is 73.2 cm³/mol. The van der Waals surface area contributed by atoms with Crippen LogP contribution in [0.1, 0.15) is 33.3 Å². The van der Waals surface area contributed by atoms with Gasteiger partial charge in [0, 0.05) is 0 Å². The maximum absolute atomic E-state index is 12.2. The maximum atomic E-state index is 12.2. The third-order valence-corrected chi connectivity index (χ3v) is 5.21. The van der Waals surface area contributed by atoms with E-state index in [1.807, 2.05) is 0 Å². The Bertz CT molecular complexity index is 560. The SMILES string of the molecule is CC(NS(=O)(=O)C(C)(C)C)(C(=O)O)c1ccccc1. The minimum Gasteiger partial charge on any atom is -0.480 e. The van der Waals surface area contributed by atoms with Crippen LogP contribution < -0.4 is 4.72 Å². The van der Waals surface area contributed by atoms with Crippen molar-refractivity contribution in [2.24, 2.45) is 0 Å². The summed E-state index contributed by atoms with van der Waals surface area (Å²) < 4.78 is 25.6. The third kappa shape index (κ3) is 3.13. The Hall–Kier alpha value is -1.40. The fourth-order valence-electron chi connectivity index (χ4n) is 1.42. The van der Waals surface area contributed by atoms with Gasteiger partial charge in [-0.3, -0.25) is 0 Å². The molecule has 1 atom stereocenters. The number of rotatable bonds is 4. The van der Waals surface area contributed by atoms with E-state index in [9.17, 15) is 18.3 Å². The molecule has 0 radical (unpaired) electrons. The highest BCUT2D eigenvalue weighted by molar-refractivity contribution is 7.90. The largest absolute Gasteiger partial charge is 0.480 e. The molecule has 0 spiro atoms. The molecular weight excluding hydrogens is 266 g/mol. The van der Waals surface area contributed by atoms with Crippen LogP contribution >= 0.6 is 0 Å². The van der Waals surface area contributed by atoms with Gasteiger partial charge in [0.2, 0.25) is 10.0 Å². The lowest BCUT2D eigenvalue weighted by atomic mass is 9.94. The molecule has 1 rings (SSSR count). The van der Waals surface area contributed by atoms with E-state index in [0.717, 1.165) is 0 Å². The highest BCUT2D eigenvalue weighted by atomic mass is 32.2. The summed E-state index contributed by atoms with van der Waals surface area (Å²) in [5.41, 5.74) is -1.30. The molecule has 0 bridgehead atoms. The van der Waals surface area contributed by atoms with Crippen molar-refractivity contribution in [2.45, 2.75) is 38.0 Å². The van der Waals surface area contributed by atoms with Crippen molar-refractivity contribution < 1.29 is 18.3 Å². The number of sulfonamides is 1. The van der Waals surface area contributed by atoms with Crippen molar-refractivity contribution in [3.63, 3.8) is 0 Å². The van der Waals surface area contributed by atoms with Crippen LogP contribution in [-0.4, -0.2) is 24.2 Å². The highest BCUT2D eigenvalue weighted by Gasteiger charge is 2.42. The lowest BCUT2D eigenvalue weighted by Crippen LogP contribution is -2.54. The maximum Gasteiger partial charge on any atom is 0.329 e. The van der Waals surface area contributed by atoms with Crippen molar-refractivity contribution in [2.75, 3.05) is 0 Å². The summed E-state index contributed by atoms with van der Waals surface area (Å²) in [6.45, 7) is 5.89. The molecule has 0 amide bonds. The quantitative estimate of drug-likeness (QED) is 0.882. The molecule has 0 aliphatic rings. The van der Waals surface area contributed by atoms with Crippen LogP contribution in [0, 0.1) is 0 Å². The Balaban J connectivity index is 3.29. The first-order valence-corrected chi connectivity index (χ1v) is 7.31. The summed E-state index contributed by atoms with van der Waals surface area (Å²) >= 11 is 0. The number of nitrogens with one attached hydrogen (secondary N) is 1. The van der Waals surface area contributed by atoms with E-state index in [-0.39, 0.29) is 0 Å². The second-order valence-electron chi connectivity index (χ2n) is 5.51. The summed E-state index contributed by atoms with van der Waals surface area (Å²) in [7, 11) is -3.78. The monoisotopic (exact) mass is 285 g/mol. The fourth-order valence-corrected chi connectivity index (χ4v) is 2.47. The molecule has 1 aromatic rings. The minimum absolute atomic E-state index is 0.385. The number of aliphatic carboxylic acids is 1. The van der Waals surface area contributed by atoms with E-state index < -0.39 is 26.3 Å². The number of hydrogen-bond acceptors (Lipinski definition) is 3. The van der Waals surface area contributed by atoms with Gasteiger partial charge < -0.3 is 5.11 Å². The number of carboxylic acid groups (broad SMARTS) is 1. The summed E-state index contributed by atoms with van der Waals surface area (Å²) in [6.07, 6.45) is 0. The molecule has 0 aliphatic carbocycles. The molecule has 5 nitrogen and oxygen atoms in total. The smallest absolute Gasteiger partial charge is 0.329 e. The normalized spacial score (nSPS) is 15.8. The molecule has 0 saturated carbocycles.